The van der Waals surface area contributed by atoms with Crippen LogP contribution in [0.2, 0.25) is 0 Å². The van der Waals surface area contributed by atoms with Crippen molar-refractivity contribution in [3.63, 3.8) is 0 Å². The van der Waals surface area contributed by atoms with Gasteiger partial charge in [-0.15, -0.1) is 0 Å². The number of aliphatic hydroxyl groups excluding tert-OH is 1. The summed E-state index contributed by atoms with van der Waals surface area (Å²) in [6.07, 6.45) is -0.188. The Labute approximate surface area is 213 Å². The van der Waals surface area contributed by atoms with Gasteiger partial charge in [0.2, 0.25) is 0 Å². The molecule has 2 N–H and O–H groups in total. The van der Waals surface area contributed by atoms with E-state index in [0.717, 1.165) is 0 Å². The van der Waals surface area contributed by atoms with E-state index in [1.54, 1.807) is 66.7 Å². The molecule has 4 rings (SSSR count). The minimum absolute atomic E-state index is 0.134. The second kappa shape index (κ2) is 10.4. The molecular weight excluding hydrogens is 478 g/mol. The Morgan fingerprint density at radius 1 is 0.865 bits per heavy atom. The monoisotopic (exact) mass is 503 g/mol. The summed E-state index contributed by atoms with van der Waals surface area (Å²) in [6, 6.07) is 17.0. The summed E-state index contributed by atoms with van der Waals surface area (Å²) in [5, 5.41) is 20.6. The molecule has 1 saturated heterocycles. The number of carbonyl (C=O) groups is 3. The second-order valence-electron chi connectivity index (χ2n) is 8.22. The topological polar surface area (TPSA) is 123 Å². The van der Waals surface area contributed by atoms with E-state index in [0.29, 0.717) is 22.6 Å². The molecule has 0 saturated carbocycles. The van der Waals surface area contributed by atoms with Crippen molar-refractivity contribution in [2.45, 2.75) is 12.5 Å². The number of ketones is 1. The van der Waals surface area contributed by atoms with Gasteiger partial charge in [0.15, 0.2) is 0 Å². The molecule has 0 aliphatic carbocycles. The number of hydrogen-bond acceptors (Lipinski definition) is 7. The number of hydrogen-bond donors (Lipinski definition) is 2. The van der Waals surface area contributed by atoms with Crippen LogP contribution in [-0.4, -0.2) is 49.2 Å². The molecule has 0 bridgehead atoms. The normalized spacial score (nSPS) is 16.5. The smallest absolute Gasteiger partial charge is 0.307 e. The molecule has 0 radical (unpaired) electrons. The molecule has 0 aromatic heterocycles. The van der Waals surface area contributed by atoms with E-state index >= 15 is 0 Å². The number of carboxylic acid groups (broad SMARTS) is 1. The minimum Gasteiger partial charge on any atom is -0.506 e. The summed E-state index contributed by atoms with van der Waals surface area (Å²) in [5.41, 5.74) is 1.38. The summed E-state index contributed by atoms with van der Waals surface area (Å²) < 4.78 is 16.2. The lowest BCUT2D eigenvalue weighted by molar-refractivity contribution is -0.136. The molecule has 1 unspecified atom stereocenters. The molecule has 1 aliphatic rings. The van der Waals surface area contributed by atoms with E-state index in [1.165, 1.54) is 26.2 Å². The van der Waals surface area contributed by atoms with Gasteiger partial charge in [0, 0.05) is 5.69 Å². The molecule has 1 aliphatic heterocycles. The Kier molecular flexibility index (Phi) is 7.15. The van der Waals surface area contributed by atoms with Crippen LogP contribution < -0.4 is 19.1 Å². The quantitative estimate of drug-likeness (QED) is 0.269. The van der Waals surface area contributed by atoms with Gasteiger partial charge in [-0.2, -0.15) is 0 Å². The molecule has 3 aromatic rings. The van der Waals surface area contributed by atoms with Crippen LogP contribution >= 0.6 is 0 Å². The summed E-state index contributed by atoms with van der Waals surface area (Å²) in [4.78, 5) is 39.2. The lowest BCUT2D eigenvalue weighted by Gasteiger charge is -2.26. The van der Waals surface area contributed by atoms with Crippen molar-refractivity contribution in [2.24, 2.45) is 0 Å². The zero-order valence-electron chi connectivity index (χ0n) is 20.4. The highest BCUT2D eigenvalue weighted by Crippen LogP contribution is 2.45. The highest BCUT2D eigenvalue weighted by Gasteiger charge is 2.47. The average Bonchev–Trinajstić information content (AvgIpc) is 3.18. The number of carboxylic acids is 1. The van der Waals surface area contributed by atoms with Crippen LogP contribution in [0.4, 0.5) is 5.69 Å². The molecule has 9 heteroatoms. The number of ether oxygens (including phenoxy) is 3. The molecular formula is C28H25NO8. The molecule has 1 atom stereocenters. The molecule has 9 nitrogen and oxygen atoms in total. The third kappa shape index (κ3) is 4.71. The van der Waals surface area contributed by atoms with E-state index < -0.39 is 29.5 Å². The highest BCUT2D eigenvalue weighted by molar-refractivity contribution is 6.51. The SMILES string of the molecule is COc1cccc(C2/C(=C(\O)c3c(OC)cccc3OC)C(=O)C(=O)N2c2ccc(CC(=O)O)cc2)c1. The van der Waals surface area contributed by atoms with E-state index in [4.69, 9.17) is 19.3 Å². The zero-order chi connectivity index (χ0) is 26.7. The van der Waals surface area contributed by atoms with Gasteiger partial charge in [-0.25, -0.2) is 0 Å². The van der Waals surface area contributed by atoms with Crippen molar-refractivity contribution in [1.29, 1.82) is 0 Å². The van der Waals surface area contributed by atoms with E-state index in [-0.39, 0.29) is 29.1 Å². The van der Waals surface area contributed by atoms with Gasteiger partial charge >= 0.3 is 5.97 Å². The maximum Gasteiger partial charge on any atom is 0.307 e. The summed E-state index contributed by atoms with van der Waals surface area (Å²) in [6.45, 7) is 0. The summed E-state index contributed by atoms with van der Waals surface area (Å²) in [7, 11) is 4.33. The van der Waals surface area contributed by atoms with Gasteiger partial charge in [0.1, 0.15) is 28.6 Å². The van der Waals surface area contributed by atoms with Crippen LogP contribution in [0.3, 0.4) is 0 Å². The molecule has 0 spiro atoms. The zero-order valence-corrected chi connectivity index (χ0v) is 20.4. The first kappa shape index (κ1) is 25.3. The molecule has 1 fully saturated rings. The number of nitrogens with zero attached hydrogens (tertiary/aromatic N) is 1. The number of rotatable bonds is 8. The largest absolute Gasteiger partial charge is 0.506 e. The van der Waals surface area contributed by atoms with E-state index in [1.807, 2.05) is 0 Å². The van der Waals surface area contributed by atoms with E-state index in [2.05, 4.69) is 0 Å². The first-order valence-corrected chi connectivity index (χ1v) is 11.3. The first-order chi connectivity index (χ1) is 17.8. The fraction of sp³-hybridized carbons (Fsp3) is 0.179. The number of methoxy groups -OCH3 is 3. The predicted octanol–water partition coefficient (Wildman–Crippen LogP) is 3.97. The number of Topliss-reactive ketones (excluding diaryl/α,β-unsaturated/α-hetero) is 1. The van der Waals surface area contributed by atoms with Gasteiger partial charge in [0.05, 0.1) is 39.4 Å². The lowest BCUT2D eigenvalue weighted by atomic mass is 9.94. The van der Waals surface area contributed by atoms with Gasteiger partial charge in [-0.3, -0.25) is 19.3 Å². The molecule has 1 amide bonds. The number of amides is 1. The molecule has 3 aromatic carbocycles. The van der Waals surface area contributed by atoms with Crippen molar-refractivity contribution < 1.29 is 38.8 Å². The van der Waals surface area contributed by atoms with Crippen LogP contribution in [-0.2, 0) is 20.8 Å². The van der Waals surface area contributed by atoms with Crippen LogP contribution in [0.15, 0.2) is 72.3 Å². The average molecular weight is 504 g/mol. The molecule has 190 valence electrons. The number of benzene rings is 3. The standard InChI is InChI=1S/C28H25NO8/c1-35-19-7-4-6-17(15-19)25-24(26(32)23-20(36-2)8-5-9-21(23)37-3)27(33)28(34)29(25)18-12-10-16(11-13-18)14-22(30)31/h4-13,15,25,32H,14H2,1-3H3,(H,30,31)/b26-24+. The number of aliphatic hydroxyl groups is 1. The first-order valence-electron chi connectivity index (χ1n) is 11.3. The number of anilines is 1. The third-order valence-corrected chi connectivity index (χ3v) is 6.09. The van der Waals surface area contributed by atoms with Crippen LogP contribution in [0.25, 0.3) is 5.76 Å². The van der Waals surface area contributed by atoms with E-state index in [9.17, 15) is 19.5 Å². The maximum atomic E-state index is 13.5. The fourth-order valence-corrected chi connectivity index (χ4v) is 4.39. The third-order valence-electron chi connectivity index (χ3n) is 6.09. The number of carbonyl (C=O) groups excluding carboxylic acids is 2. The Hall–Kier alpha value is -4.79. The Bertz CT molecular complexity index is 1370. The van der Waals surface area contributed by atoms with Gasteiger partial charge < -0.3 is 24.4 Å². The van der Waals surface area contributed by atoms with Crippen molar-refractivity contribution in [2.75, 3.05) is 26.2 Å². The van der Waals surface area contributed by atoms with Gasteiger partial charge in [-0.05, 0) is 47.5 Å². The summed E-state index contributed by atoms with van der Waals surface area (Å²) in [5.74, 6) is -2.19. The lowest BCUT2D eigenvalue weighted by Crippen LogP contribution is -2.29. The van der Waals surface area contributed by atoms with Crippen LogP contribution in [0.1, 0.15) is 22.7 Å². The highest BCUT2D eigenvalue weighted by atomic mass is 16.5. The Morgan fingerprint density at radius 3 is 2.05 bits per heavy atom. The second-order valence-corrected chi connectivity index (χ2v) is 8.22. The van der Waals surface area contributed by atoms with Crippen molar-refractivity contribution >= 4 is 29.1 Å². The molecule has 37 heavy (non-hydrogen) atoms. The predicted molar refractivity (Wildman–Crippen MR) is 135 cm³/mol. The minimum atomic E-state index is -1.02. The van der Waals surface area contributed by atoms with Crippen molar-refractivity contribution in [3.8, 4) is 17.2 Å². The fourth-order valence-electron chi connectivity index (χ4n) is 4.39. The maximum absolute atomic E-state index is 13.5. The van der Waals surface area contributed by atoms with Crippen LogP contribution in [0.5, 0.6) is 17.2 Å². The summed E-state index contributed by atoms with van der Waals surface area (Å²) >= 11 is 0. The van der Waals surface area contributed by atoms with Gasteiger partial charge in [0.25, 0.3) is 11.7 Å². The van der Waals surface area contributed by atoms with Crippen molar-refractivity contribution in [1.82, 2.24) is 0 Å². The Morgan fingerprint density at radius 2 is 1.49 bits per heavy atom. The van der Waals surface area contributed by atoms with Gasteiger partial charge in [-0.1, -0.05) is 30.3 Å². The molecule has 1 heterocycles. The number of aliphatic carboxylic acids is 1. The van der Waals surface area contributed by atoms with Crippen LogP contribution in [0, 0.1) is 0 Å². The Balaban J connectivity index is 1.96. The van der Waals surface area contributed by atoms with Crippen molar-refractivity contribution in [3.05, 3.63) is 89.0 Å².